The van der Waals surface area contributed by atoms with Gasteiger partial charge in [-0.3, -0.25) is 14.3 Å². The summed E-state index contributed by atoms with van der Waals surface area (Å²) in [4.78, 5) is 24.1. The first-order valence-corrected chi connectivity index (χ1v) is 11.9. The largest absolute Gasteiger partial charge is 0.495 e. The van der Waals surface area contributed by atoms with E-state index in [9.17, 15) is 18.0 Å². The Morgan fingerprint density at radius 3 is 2.38 bits per heavy atom. The van der Waals surface area contributed by atoms with Gasteiger partial charge in [-0.25, -0.2) is 8.42 Å². The van der Waals surface area contributed by atoms with Gasteiger partial charge in [0.1, 0.15) is 11.5 Å². The molecular formula is C24H25N3O6S. The smallest absolute Gasteiger partial charge is 0.262 e. The molecule has 10 heteroatoms. The Bertz CT molecular complexity index is 1260. The summed E-state index contributed by atoms with van der Waals surface area (Å²) in [6.45, 7) is 2.23. The molecule has 0 heterocycles. The molecule has 0 aliphatic heterocycles. The number of para-hydroxylation sites is 2. The Labute approximate surface area is 198 Å². The minimum Gasteiger partial charge on any atom is -0.495 e. The fourth-order valence-corrected chi connectivity index (χ4v) is 4.09. The van der Waals surface area contributed by atoms with E-state index in [4.69, 9.17) is 9.47 Å². The van der Waals surface area contributed by atoms with E-state index in [0.29, 0.717) is 23.7 Å². The van der Waals surface area contributed by atoms with Crippen molar-refractivity contribution < 1.29 is 27.5 Å². The summed E-state index contributed by atoms with van der Waals surface area (Å²) in [5.41, 5.74) is 0.935. The van der Waals surface area contributed by atoms with Crippen LogP contribution in [0.4, 0.5) is 11.4 Å². The van der Waals surface area contributed by atoms with Gasteiger partial charge in [0.05, 0.1) is 17.7 Å². The van der Waals surface area contributed by atoms with E-state index in [1.165, 1.54) is 31.4 Å². The van der Waals surface area contributed by atoms with Gasteiger partial charge in [0.2, 0.25) is 0 Å². The first kappa shape index (κ1) is 24.6. The van der Waals surface area contributed by atoms with Crippen molar-refractivity contribution >= 4 is 33.2 Å². The molecule has 0 unspecified atom stereocenters. The molecule has 0 saturated heterocycles. The average Bonchev–Trinajstić information content (AvgIpc) is 2.84. The van der Waals surface area contributed by atoms with Crippen molar-refractivity contribution in [1.82, 2.24) is 5.32 Å². The molecule has 0 aromatic heterocycles. The number of carbonyl (C=O) groups is 2. The normalized spacial score (nSPS) is 10.8. The summed E-state index contributed by atoms with van der Waals surface area (Å²) in [5, 5.41) is 5.34. The number of likely N-dealkylation sites (N-methyl/N-ethyl adjacent to an activating group) is 1. The van der Waals surface area contributed by atoms with Crippen molar-refractivity contribution in [3.8, 4) is 11.5 Å². The third-order valence-electron chi connectivity index (χ3n) is 4.61. The highest BCUT2D eigenvalue weighted by Gasteiger charge is 2.18. The number of sulfonamides is 1. The van der Waals surface area contributed by atoms with Crippen molar-refractivity contribution in [3.63, 3.8) is 0 Å². The average molecular weight is 484 g/mol. The molecule has 178 valence electrons. The van der Waals surface area contributed by atoms with Crippen LogP contribution in [0.2, 0.25) is 0 Å². The van der Waals surface area contributed by atoms with Gasteiger partial charge >= 0.3 is 0 Å². The van der Waals surface area contributed by atoms with Gasteiger partial charge in [-0.2, -0.15) is 0 Å². The monoisotopic (exact) mass is 483 g/mol. The highest BCUT2D eigenvalue weighted by molar-refractivity contribution is 7.92. The van der Waals surface area contributed by atoms with E-state index in [-0.39, 0.29) is 28.7 Å². The lowest BCUT2D eigenvalue weighted by Crippen LogP contribution is -2.28. The molecular weight excluding hydrogens is 458 g/mol. The third kappa shape index (κ3) is 6.48. The number of ether oxygens (including phenoxy) is 2. The number of rotatable bonds is 10. The Kier molecular flexibility index (Phi) is 8.10. The highest BCUT2D eigenvalue weighted by Crippen LogP contribution is 2.26. The lowest BCUT2D eigenvalue weighted by molar-refractivity contribution is -0.122. The van der Waals surface area contributed by atoms with Crippen LogP contribution in [0.15, 0.2) is 77.7 Å². The summed E-state index contributed by atoms with van der Waals surface area (Å²) < 4.78 is 38.7. The second-order valence-corrected chi connectivity index (χ2v) is 8.74. The maximum atomic E-state index is 12.9. The molecule has 0 spiro atoms. The number of carbonyl (C=O) groups excluding carboxylic acids is 2. The van der Waals surface area contributed by atoms with Crippen LogP contribution in [0, 0.1) is 0 Å². The fraction of sp³-hybridized carbons (Fsp3) is 0.167. The first-order chi connectivity index (χ1) is 16.3. The molecule has 0 bridgehead atoms. The molecule has 3 rings (SSSR count). The summed E-state index contributed by atoms with van der Waals surface area (Å²) >= 11 is 0. The van der Waals surface area contributed by atoms with Crippen molar-refractivity contribution in [3.05, 3.63) is 78.4 Å². The van der Waals surface area contributed by atoms with Crippen LogP contribution in [0.5, 0.6) is 11.5 Å². The van der Waals surface area contributed by atoms with Crippen LogP contribution in [-0.4, -0.2) is 40.5 Å². The molecule has 3 aromatic carbocycles. The van der Waals surface area contributed by atoms with Gasteiger partial charge in [-0.1, -0.05) is 18.2 Å². The van der Waals surface area contributed by atoms with E-state index in [1.54, 1.807) is 48.5 Å². The number of hydrogen-bond donors (Lipinski definition) is 3. The van der Waals surface area contributed by atoms with Gasteiger partial charge in [0, 0.05) is 17.8 Å². The molecule has 0 radical (unpaired) electrons. The molecule has 0 saturated carbocycles. The van der Waals surface area contributed by atoms with Crippen molar-refractivity contribution in [1.29, 1.82) is 0 Å². The van der Waals surface area contributed by atoms with Crippen molar-refractivity contribution in [2.45, 2.75) is 11.8 Å². The van der Waals surface area contributed by atoms with Crippen LogP contribution < -0.4 is 24.8 Å². The van der Waals surface area contributed by atoms with Crippen LogP contribution in [-0.2, 0) is 14.8 Å². The third-order valence-corrected chi connectivity index (χ3v) is 5.98. The van der Waals surface area contributed by atoms with Gasteiger partial charge in [-0.15, -0.1) is 0 Å². The minimum absolute atomic E-state index is 0.0693. The maximum Gasteiger partial charge on any atom is 0.262 e. The Morgan fingerprint density at radius 1 is 0.941 bits per heavy atom. The Morgan fingerprint density at radius 2 is 1.68 bits per heavy atom. The molecule has 2 amide bonds. The first-order valence-electron chi connectivity index (χ1n) is 10.4. The lowest BCUT2D eigenvalue weighted by Gasteiger charge is -2.12. The van der Waals surface area contributed by atoms with Gasteiger partial charge in [-0.05, 0) is 61.5 Å². The van der Waals surface area contributed by atoms with Crippen LogP contribution in [0.25, 0.3) is 0 Å². The second-order valence-electron chi connectivity index (χ2n) is 7.05. The Hall–Kier alpha value is -4.05. The number of anilines is 2. The minimum atomic E-state index is -3.96. The quantitative estimate of drug-likeness (QED) is 0.407. The molecule has 0 fully saturated rings. The SMILES string of the molecule is CCNC(=O)COc1ccc(NC(=O)c2cccc(S(=O)(=O)Nc3ccccc3OC)c2)cc1. The molecule has 3 aromatic rings. The number of amides is 2. The Balaban J connectivity index is 1.68. The van der Waals surface area contributed by atoms with E-state index < -0.39 is 15.9 Å². The number of hydrogen-bond acceptors (Lipinski definition) is 6. The van der Waals surface area contributed by atoms with E-state index >= 15 is 0 Å². The van der Waals surface area contributed by atoms with Crippen molar-refractivity contribution in [2.24, 2.45) is 0 Å². The summed E-state index contributed by atoms with van der Waals surface area (Å²) in [5.74, 6) is 0.137. The van der Waals surface area contributed by atoms with Crippen LogP contribution >= 0.6 is 0 Å². The molecule has 0 aliphatic carbocycles. The van der Waals surface area contributed by atoms with Gasteiger partial charge < -0.3 is 20.1 Å². The summed E-state index contributed by atoms with van der Waals surface area (Å²) in [6.07, 6.45) is 0. The van der Waals surface area contributed by atoms with Gasteiger partial charge in [0.15, 0.2) is 6.61 Å². The molecule has 0 aliphatic rings. The summed E-state index contributed by atoms with van der Waals surface area (Å²) in [6, 6.07) is 18.8. The topological polar surface area (TPSA) is 123 Å². The molecule has 0 atom stereocenters. The fourth-order valence-electron chi connectivity index (χ4n) is 2.97. The molecule has 34 heavy (non-hydrogen) atoms. The highest BCUT2D eigenvalue weighted by atomic mass is 32.2. The summed E-state index contributed by atoms with van der Waals surface area (Å²) in [7, 11) is -2.51. The predicted molar refractivity (Wildman–Crippen MR) is 129 cm³/mol. The number of nitrogens with one attached hydrogen (secondary N) is 3. The van der Waals surface area contributed by atoms with E-state index in [0.717, 1.165) is 0 Å². The zero-order valence-electron chi connectivity index (χ0n) is 18.7. The molecule has 9 nitrogen and oxygen atoms in total. The van der Waals surface area contributed by atoms with Crippen LogP contribution in [0.1, 0.15) is 17.3 Å². The maximum absolute atomic E-state index is 12.9. The predicted octanol–water partition coefficient (Wildman–Crippen LogP) is 3.26. The van der Waals surface area contributed by atoms with Gasteiger partial charge in [0.25, 0.3) is 21.8 Å². The number of benzene rings is 3. The zero-order valence-corrected chi connectivity index (χ0v) is 19.5. The standard InChI is InChI=1S/C24H25N3O6S/c1-3-25-23(28)16-33-19-13-11-18(12-14-19)26-24(29)17-7-6-8-20(15-17)34(30,31)27-21-9-4-5-10-22(21)32-2/h4-15,27H,3,16H2,1-2H3,(H,25,28)(H,26,29). The second kappa shape index (κ2) is 11.2. The van der Waals surface area contributed by atoms with E-state index in [1.807, 2.05) is 6.92 Å². The van der Waals surface area contributed by atoms with E-state index in [2.05, 4.69) is 15.4 Å². The zero-order chi connectivity index (χ0) is 24.6. The number of methoxy groups -OCH3 is 1. The molecule has 3 N–H and O–H groups in total. The van der Waals surface area contributed by atoms with Crippen LogP contribution in [0.3, 0.4) is 0 Å². The van der Waals surface area contributed by atoms with Crippen molar-refractivity contribution in [2.75, 3.05) is 30.3 Å². The lowest BCUT2D eigenvalue weighted by atomic mass is 10.2.